The minimum Gasteiger partial charge on any atom is -0.465 e. The summed E-state index contributed by atoms with van der Waals surface area (Å²) in [5.41, 5.74) is -0.332. The molecule has 9 rings (SSSR count). The van der Waals surface area contributed by atoms with Crippen molar-refractivity contribution >= 4 is 48.6 Å². The van der Waals surface area contributed by atoms with Crippen LogP contribution in [-0.2, 0) is 52.3 Å². The molecule has 2 spiro atoms. The lowest BCUT2D eigenvalue weighted by Gasteiger charge is -2.31. The maximum Gasteiger partial charge on any atom is 0.314 e. The topological polar surface area (TPSA) is 125 Å². The van der Waals surface area contributed by atoms with E-state index in [0.29, 0.717) is 31.5 Å². The molecule has 13 unspecified atom stereocenters. The van der Waals surface area contributed by atoms with E-state index in [2.05, 4.69) is 0 Å². The molecule has 7 heterocycles. The summed E-state index contributed by atoms with van der Waals surface area (Å²) in [4.78, 5) is 34.6. The predicted octanol–water partition coefficient (Wildman–Crippen LogP) is 0.597. The van der Waals surface area contributed by atoms with Crippen molar-refractivity contribution < 1.29 is 52.3 Å². The van der Waals surface area contributed by atoms with E-state index in [9.17, 15) is 14.4 Å². The van der Waals surface area contributed by atoms with Crippen LogP contribution in [0, 0.1) is 28.6 Å². The Morgan fingerprint density at radius 3 is 2.00 bits per heavy atom. The quantitative estimate of drug-likeness (QED) is 0.114. The van der Waals surface area contributed by atoms with Gasteiger partial charge in [-0.15, -0.1) is 0 Å². The standard InChI is InChI=1S/2C12H20O4Si.C12H20O3Si/c13-11-12(2-4-15-11)7-9-8(6-10(12)16-9)14-3-1-5-17;13-11-6-12(7-15-11)5-9-8(4-10(12)16-9)14-2-1-3-17;13-12-9-6-7-5-8(9)11(15-12)10(7)14-3-1-2-4-16/h2*8-10H,1-7H2,17H3;7-11H,1-6H2,16H3. The highest BCUT2D eigenvalue weighted by atomic mass is 28.2. The van der Waals surface area contributed by atoms with E-state index in [1.807, 2.05) is 0 Å². The van der Waals surface area contributed by atoms with Crippen LogP contribution in [0.3, 0.4) is 0 Å². The molecule has 11 nitrogen and oxygen atoms in total. The van der Waals surface area contributed by atoms with Crippen LogP contribution in [0.15, 0.2) is 0 Å². The Labute approximate surface area is 305 Å². The molecule has 2 saturated carbocycles. The second-order valence-electron chi connectivity index (χ2n) is 16.4. The van der Waals surface area contributed by atoms with Gasteiger partial charge < -0.3 is 37.9 Å². The first-order chi connectivity index (χ1) is 24.3. The molecule has 0 N–H and O–H groups in total. The van der Waals surface area contributed by atoms with Gasteiger partial charge in [-0.3, -0.25) is 14.4 Å². The van der Waals surface area contributed by atoms with E-state index in [4.69, 9.17) is 37.9 Å². The van der Waals surface area contributed by atoms with Crippen LogP contribution in [0.4, 0.5) is 0 Å². The highest BCUT2D eigenvalue weighted by Crippen LogP contribution is 2.56. The van der Waals surface area contributed by atoms with E-state index in [0.717, 1.165) is 71.2 Å². The fourth-order valence-corrected chi connectivity index (χ4v) is 11.5. The number of hydrogen-bond acceptors (Lipinski definition) is 11. The molecular formula is C36H60O11Si3. The predicted molar refractivity (Wildman–Crippen MR) is 193 cm³/mol. The zero-order valence-electron chi connectivity index (χ0n) is 30.5. The summed E-state index contributed by atoms with van der Waals surface area (Å²) < 4.78 is 45.2. The van der Waals surface area contributed by atoms with E-state index in [-0.39, 0.29) is 83.5 Å². The number of hydrogen-bond donors (Lipinski definition) is 0. The Bertz CT molecular complexity index is 1230. The Morgan fingerprint density at radius 1 is 0.740 bits per heavy atom. The summed E-state index contributed by atoms with van der Waals surface area (Å²) in [7, 11) is 3.80. The van der Waals surface area contributed by atoms with Crippen LogP contribution < -0.4 is 0 Å². The van der Waals surface area contributed by atoms with Crippen molar-refractivity contribution in [3.8, 4) is 0 Å². The number of esters is 3. The van der Waals surface area contributed by atoms with E-state index in [1.54, 1.807) is 0 Å². The Morgan fingerprint density at radius 2 is 1.42 bits per heavy atom. The molecule has 0 aromatic rings. The van der Waals surface area contributed by atoms with Crippen molar-refractivity contribution in [2.75, 3.05) is 33.0 Å². The van der Waals surface area contributed by atoms with Gasteiger partial charge in [0.15, 0.2) is 0 Å². The Balaban J connectivity index is 0.000000118. The second kappa shape index (κ2) is 16.1. The molecule has 14 heteroatoms. The van der Waals surface area contributed by atoms with Crippen LogP contribution in [0.5, 0.6) is 0 Å². The Hall–Kier alpha value is -1.14. The SMILES string of the molecule is O=C1CC2(CO1)CC1OC2CC1OCCC[SiH3].O=C1OC2C3CC(CC13)C2OCCCC[SiH3].O=C1OCCC12CC1OC2CC1OCCC[SiH3]. The molecule has 9 aliphatic rings. The monoisotopic (exact) mass is 752 g/mol. The van der Waals surface area contributed by atoms with E-state index < -0.39 is 0 Å². The average molecular weight is 753 g/mol. The third-order valence-electron chi connectivity index (χ3n) is 13.2. The molecule has 7 saturated heterocycles. The fourth-order valence-electron chi connectivity index (χ4n) is 10.4. The van der Waals surface area contributed by atoms with Crippen molar-refractivity contribution in [2.24, 2.45) is 28.6 Å². The lowest BCUT2D eigenvalue weighted by atomic mass is 9.72. The normalized spacial score (nSPS) is 43.9. The smallest absolute Gasteiger partial charge is 0.314 e. The second-order valence-corrected chi connectivity index (χ2v) is 19.4. The number of cyclic esters (lactones) is 2. The molecule has 9 fully saturated rings. The first kappa shape index (κ1) is 37.2. The van der Waals surface area contributed by atoms with Crippen LogP contribution in [0.25, 0.3) is 0 Å². The van der Waals surface area contributed by atoms with Crippen LogP contribution in [-0.4, -0.2) is 131 Å². The van der Waals surface area contributed by atoms with Gasteiger partial charge in [0.25, 0.3) is 0 Å². The fraction of sp³-hybridized carbons (Fsp3) is 0.917. The van der Waals surface area contributed by atoms with Gasteiger partial charge in [0.05, 0.1) is 67.1 Å². The van der Waals surface area contributed by atoms with Crippen molar-refractivity contribution in [3.05, 3.63) is 0 Å². The highest BCUT2D eigenvalue weighted by molar-refractivity contribution is 6.08. The zero-order chi connectivity index (χ0) is 34.9. The van der Waals surface area contributed by atoms with Gasteiger partial charge in [0.2, 0.25) is 0 Å². The first-order valence-electron chi connectivity index (χ1n) is 20.0. The third kappa shape index (κ3) is 7.22. The highest BCUT2D eigenvalue weighted by Gasteiger charge is 2.64. The molecule has 0 aromatic carbocycles. The molecule has 7 aliphatic heterocycles. The largest absolute Gasteiger partial charge is 0.465 e. The van der Waals surface area contributed by atoms with Gasteiger partial charge in [-0.2, -0.15) is 0 Å². The molecule has 13 atom stereocenters. The summed E-state index contributed by atoms with van der Waals surface area (Å²) in [5, 5.41) is 0. The summed E-state index contributed by atoms with van der Waals surface area (Å²) in [6, 6.07) is 3.95. The van der Waals surface area contributed by atoms with Crippen LogP contribution >= 0.6 is 0 Å². The minimum atomic E-state index is -0.317. The molecule has 6 bridgehead atoms. The van der Waals surface area contributed by atoms with Crippen LogP contribution in [0.2, 0.25) is 18.1 Å². The van der Waals surface area contributed by atoms with Gasteiger partial charge in [0, 0.05) is 81.1 Å². The summed E-state index contributed by atoms with van der Waals surface area (Å²) in [6.45, 7) is 3.69. The first-order valence-corrected chi connectivity index (χ1v) is 24.2. The van der Waals surface area contributed by atoms with Crippen molar-refractivity contribution in [2.45, 2.75) is 144 Å². The molecule has 0 amide bonds. The maximum atomic E-state index is 11.8. The van der Waals surface area contributed by atoms with Crippen molar-refractivity contribution in [3.63, 3.8) is 0 Å². The lowest BCUT2D eigenvalue weighted by molar-refractivity contribution is -0.149. The van der Waals surface area contributed by atoms with Gasteiger partial charge in [-0.05, 0) is 50.9 Å². The molecule has 50 heavy (non-hydrogen) atoms. The van der Waals surface area contributed by atoms with Crippen molar-refractivity contribution in [1.29, 1.82) is 0 Å². The number of carbonyl (C=O) groups excluding carboxylic acids is 3. The van der Waals surface area contributed by atoms with E-state index >= 15 is 0 Å². The molecule has 2 aliphatic carbocycles. The van der Waals surface area contributed by atoms with Crippen LogP contribution in [0.1, 0.15) is 77.0 Å². The summed E-state index contributed by atoms with van der Waals surface area (Å²) in [5.74, 6) is 1.25. The number of unbranched alkanes of at least 4 members (excludes halogenated alkanes) is 1. The van der Waals surface area contributed by atoms with Gasteiger partial charge in [-0.1, -0.05) is 24.6 Å². The molecule has 0 radical (unpaired) electrons. The number of fused-ring (bicyclic) bond motifs is 7. The molecule has 0 aromatic heterocycles. The van der Waals surface area contributed by atoms with Gasteiger partial charge in [-0.25, -0.2) is 0 Å². The third-order valence-corrected chi connectivity index (χ3v) is 15.3. The van der Waals surface area contributed by atoms with Gasteiger partial charge in [0.1, 0.15) is 12.7 Å². The number of ether oxygens (including phenoxy) is 8. The zero-order valence-corrected chi connectivity index (χ0v) is 36.5. The Kier molecular flexibility index (Phi) is 12.0. The van der Waals surface area contributed by atoms with E-state index in [1.165, 1.54) is 68.1 Å². The molecular weight excluding hydrogens is 693 g/mol. The lowest BCUT2D eigenvalue weighted by Crippen LogP contribution is -2.41. The number of carbonyl (C=O) groups is 3. The van der Waals surface area contributed by atoms with Gasteiger partial charge >= 0.3 is 17.9 Å². The maximum absolute atomic E-state index is 11.8. The summed E-state index contributed by atoms with van der Waals surface area (Å²) >= 11 is 0. The molecule has 282 valence electrons. The summed E-state index contributed by atoms with van der Waals surface area (Å²) in [6.07, 6.45) is 13.3. The minimum absolute atomic E-state index is 0.0146. The van der Waals surface area contributed by atoms with Crippen molar-refractivity contribution in [1.82, 2.24) is 0 Å². The number of rotatable bonds is 13. The average Bonchev–Trinajstić information content (AvgIpc) is 3.97.